The van der Waals surface area contributed by atoms with Gasteiger partial charge in [-0.05, 0) is 58.6 Å². The molecule has 1 N–H and O–H groups in total. The number of nitro benzene ring substituents is 1. The summed E-state index contributed by atoms with van der Waals surface area (Å²) in [6, 6.07) is 2.22. The summed E-state index contributed by atoms with van der Waals surface area (Å²) in [7, 11) is -4.39. The molecule has 1 heterocycles. The van der Waals surface area contributed by atoms with E-state index in [4.69, 9.17) is 9.47 Å². The van der Waals surface area contributed by atoms with Crippen molar-refractivity contribution in [2.24, 2.45) is 0 Å². The summed E-state index contributed by atoms with van der Waals surface area (Å²) >= 11 is 0. The van der Waals surface area contributed by atoms with E-state index in [2.05, 4.69) is 4.72 Å². The van der Waals surface area contributed by atoms with Gasteiger partial charge in [0.05, 0.1) is 22.0 Å². The first-order valence-electron chi connectivity index (χ1n) is 11.5. The molecule has 10 nitrogen and oxygen atoms in total. The van der Waals surface area contributed by atoms with Gasteiger partial charge in [0.25, 0.3) is 11.6 Å². The maximum atomic E-state index is 14.8. The zero-order valence-electron chi connectivity index (χ0n) is 19.9. The van der Waals surface area contributed by atoms with Crippen LogP contribution in [0.2, 0.25) is 0 Å². The Kier molecular flexibility index (Phi) is 8.02. The second-order valence-electron chi connectivity index (χ2n) is 9.84. The second-order valence-corrected chi connectivity index (χ2v) is 11.6. The molecule has 1 amide bonds. The highest BCUT2D eigenvalue weighted by atomic mass is 32.2. The van der Waals surface area contributed by atoms with E-state index in [1.165, 1.54) is 4.90 Å². The highest BCUT2D eigenvalue weighted by molar-refractivity contribution is 7.89. The molecule has 0 aromatic heterocycles. The summed E-state index contributed by atoms with van der Waals surface area (Å²) in [5.41, 5.74) is -0.947. The standard InChI is InChI=1S/C22H31F2N3O7S/c1-21(2,3)34-20(28)26-13-10-16(11-14-26)33-18-5-4-12-22(23,24)19(18)25-35(31,32)17-8-6-15(7-9-17)27(29)30/h6-9,16,18-19,25H,4-5,10-14H2,1-3H3/t18-,19+/m0/s1. The van der Waals surface area contributed by atoms with Gasteiger partial charge in [-0.3, -0.25) is 10.1 Å². The number of alkyl halides is 2. The highest BCUT2D eigenvalue weighted by Gasteiger charge is 2.50. The Morgan fingerprint density at radius 1 is 1.17 bits per heavy atom. The zero-order valence-corrected chi connectivity index (χ0v) is 20.7. The van der Waals surface area contributed by atoms with Gasteiger partial charge < -0.3 is 14.4 Å². The van der Waals surface area contributed by atoms with Crippen molar-refractivity contribution in [1.29, 1.82) is 0 Å². The van der Waals surface area contributed by atoms with Gasteiger partial charge in [-0.25, -0.2) is 22.0 Å². The predicted octanol–water partition coefficient (Wildman–Crippen LogP) is 3.85. The third-order valence-electron chi connectivity index (χ3n) is 5.93. The van der Waals surface area contributed by atoms with E-state index in [-0.39, 0.29) is 23.4 Å². The minimum Gasteiger partial charge on any atom is -0.444 e. The van der Waals surface area contributed by atoms with Crippen LogP contribution in [-0.2, 0) is 19.5 Å². The minimum atomic E-state index is -4.39. The highest BCUT2D eigenvalue weighted by Crippen LogP contribution is 2.37. The Morgan fingerprint density at radius 3 is 2.31 bits per heavy atom. The van der Waals surface area contributed by atoms with E-state index in [1.807, 2.05) is 0 Å². The van der Waals surface area contributed by atoms with Crippen LogP contribution in [0.25, 0.3) is 0 Å². The van der Waals surface area contributed by atoms with Crippen molar-refractivity contribution in [2.75, 3.05) is 13.1 Å². The lowest BCUT2D eigenvalue weighted by Gasteiger charge is -2.41. The van der Waals surface area contributed by atoms with E-state index < -0.39 is 57.2 Å². The van der Waals surface area contributed by atoms with Crippen LogP contribution in [0.15, 0.2) is 29.2 Å². The maximum Gasteiger partial charge on any atom is 0.410 e. The first kappa shape index (κ1) is 27.2. The fourth-order valence-electron chi connectivity index (χ4n) is 4.17. The summed E-state index contributed by atoms with van der Waals surface area (Å²) in [5, 5.41) is 10.8. The van der Waals surface area contributed by atoms with Gasteiger partial charge in [-0.2, -0.15) is 4.72 Å². The smallest absolute Gasteiger partial charge is 0.410 e. The third-order valence-corrected chi connectivity index (χ3v) is 7.38. The number of piperidine rings is 1. The van der Waals surface area contributed by atoms with Gasteiger partial charge >= 0.3 is 6.09 Å². The molecule has 196 valence electrons. The van der Waals surface area contributed by atoms with Gasteiger partial charge in [-0.1, -0.05) is 0 Å². The average Bonchev–Trinajstić information content (AvgIpc) is 2.75. The Bertz CT molecular complexity index is 1020. The molecule has 1 aliphatic heterocycles. The summed E-state index contributed by atoms with van der Waals surface area (Å²) in [6.45, 7) is 5.97. The molecule has 13 heteroatoms. The van der Waals surface area contributed by atoms with Gasteiger partial charge in [0, 0.05) is 31.6 Å². The number of sulfonamides is 1. The molecule has 1 saturated carbocycles. The lowest BCUT2D eigenvalue weighted by atomic mass is 9.89. The number of ether oxygens (including phenoxy) is 2. The predicted molar refractivity (Wildman–Crippen MR) is 122 cm³/mol. The SMILES string of the molecule is CC(C)(C)OC(=O)N1CCC(O[C@H]2CCCC(F)(F)[C@@H]2NS(=O)(=O)c2ccc([N+](=O)[O-])cc2)CC1. The number of halogens is 2. The van der Waals surface area contributed by atoms with Crippen molar-refractivity contribution in [3.63, 3.8) is 0 Å². The van der Waals surface area contributed by atoms with Crippen molar-refractivity contribution >= 4 is 21.8 Å². The molecule has 0 radical (unpaired) electrons. The topological polar surface area (TPSA) is 128 Å². The Hall–Kier alpha value is -2.38. The van der Waals surface area contributed by atoms with Crippen LogP contribution >= 0.6 is 0 Å². The molecule has 1 saturated heterocycles. The summed E-state index contributed by atoms with van der Waals surface area (Å²) < 4.78 is 68.7. The molecule has 35 heavy (non-hydrogen) atoms. The summed E-state index contributed by atoms with van der Waals surface area (Å²) in [6.07, 6.45) is -1.19. The molecule has 0 spiro atoms. The number of hydrogen-bond acceptors (Lipinski definition) is 7. The van der Waals surface area contributed by atoms with Crippen molar-refractivity contribution in [3.05, 3.63) is 34.4 Å². The molecule has 1 aliphatic carbocycles. The molecular weight excluding hydrogens is 488 g/mol. The zero-order chi connectivity index (χ0) is 26.0. The fourth-order valence-corrected chi connectivity index (χ4v) is 5.46. The molecule has 0 unspecified atom stereocenters. The van der Waals surface area contributed by atoms with Crippen molar-refractivity contribution in [3.8, 4) is 0 Å². The van der Waals surface area contributed by atoms with E-state index >= 15 is 0 Å². The first-order valence-corrected chi connectivity index (χ1v) is 12.9. The van der Waals surface area contributed by atoms with E-state index in [0.29, 0.717) is 25.9 Å². The number of likely N-dealkylation sites (tertiary alicyclic amines) is 1. The van der Waals surface area contributed by atoms with Gasteiger partial charge in [-0.15, -0.1) is 0 Å². The number of carbonyl (C=O) groups excluding carboxylic acids is 1. The summed E-state index contributed by atoms with van der Waals surface area (Å²) in [5.74, 6) is -3.34. The van der Waals surface area contributed by atoms with Crippen LogP contribution in [0.5, 0.6) is 0 Å². The number of nitrogens with zero attached hydrogens (tertiary/aromatic N) is 2. The molecule has 1 aromatic rings. The monoisotopic (exact) mass is 519 g/mol. The van der Waals surface area contributed by atoms with E-state index in [9.17, 15) is 32.1 Å². The summed E-state index contributed by atoms with van der Waals surface area (Å²) in [4.78, 5) is 23.6. The molecule has 0 bridgehead atoms. The average molecular weight is 520 g/mol. The Balaban J connectivity index is 1.67. The van der Waals surface area contributed by atoms with Crippen molar-refractivity contribution in [2.45, 2.75) is 87.5 Å². The normalized spacial score (nSPS) is 23.6. The number of amides is 1. The van der Waals surface area contributed by atoms with Gasteiger partial charge in [0.2, 0.25) is 10.0 Å². The quantitative estimate of drug-likeness (QED) is 0.447. The largest absolute Gasteiger partial charge is 0.444 e. The minimum absolute atomic E-state index is 0.171. The second kappa shape index (κ2) is 10.3. The van der Waals surface area contributed by atoms with Crippen LogP contribution in [-0.4, -0.2) is 67.2 Å². The molecule has 1 aromatic carbocycles. The maximum absolute atomic E-state index is 14.8. The lowest BCUT2D eigenvalue weighted by Crippen LogP contribution is -2.58. The van der Waals surface area contributed by atoms with Crippen molar-refractivity contribution < 1.29 is 36.4 Å². The lowest BCUT2D eigenvalue weighted by molar-refractivity contribution is -0.384. The first-order chi connectivity index (χ1) is 16.2. The number of nitro groups is 1. The number of benzene rings is 1. The Labute approximate surface area is 203 Å². The molecule has 2 aliphatic rings. The van der Waals surface area contributed by atoms with Gasteiger partial charge in [0.15, 0.2) is 0 Å². The van der Waals surface area contributed by atoms with Crippen LogP contribution < -0.4 is 4.72 Å². The van der Waals surface area contributed by atoms with Crippen LogP contribution in [0.4, 0.5) is 19.3 Å². The Morgan fingerprint density at radius 2 is 1.77 bits per heavy atom. The number of non-ortho nitro benzene ring substituents is 1. The number of hydrogen-bond donors (Lipinski definition) is 1. The number of rotatable bonds is 6. The van der Waals surface area contributed by atoms with Crippen LogP contribution in [0.3, 0.4) is 0 Å². The molecular formula is C22H31F2N3O7S. The molecule has 2 atom stereocenters. The fraction of sp³-hybridized carbons (Fsp3) is 0.682. The number of nitrogens with one attached hydrogen (secondary N) is 1. The number of carbonyl (C=O) groups is 1. The van der Waals surface area contributed by atoms with Crippen LogP contribution in [0.1, 0.15) is 52.9 Å². The van der Waals surface area contributed by atoms with Crippen LogP contribution in [0, 0.1) is 10.1 Å². The molecule has 2 fully saturated rings. The molecule has 3 rings (SSSR count). The van der Waals surface area contributed by atoms with Gasteiger partial charge in [0.1, 0.15) is 11.6 Å². The van der Waals surface area contributed by atoms with Crippen molar-refractivity contribution in [1.82, 2.24) is 9.62 Å². The van der Waals surface area contributed by atoms with E-state index in [1.54, 1.807) is 20.8 Å². The third kappa shape index (κ3) is 7.07. The van der Waals surface area contributed by atoms with E-state index in [0.717, 1.165) is 24.3 Å².